The molecule has 1 aliphatic heterocycles. The Morgan fingerprint density at radius 3 is 2.39 bits per heavy atom. The molecule has 1 N–H and O–H groups in total. The van der Waals surface area contributed by atoms with Gasteiger partial charge in [0.2, 0.25) is 5.91 Å². The molecule has 1 heterocycles. The van der Waals surface area contributed by atoms with Gasteiger partial charge in [-0.15, -0.1) is 0 Å². The van der Waals surface area contributed by atoms with Crippen LogP contribution in [0.2, 0.25) is 0 Å². The summed E-state index contributed by atoms with van der Waals surface area (Å²) in [5.74, 6) is -0.881. The molecule has 0 aromatic heterocycles. The first-order chi connectivity index (χ1) is 10.9. The van der Waals surface area contributed by atoms with Gasteiger partial charge in [0.25, 0.3) is 0 Å². The van der Waals surface area contributed by atoms with Crippen LogP contribution in [0.5, 0.6) is 0 Å². The largest absolute Gasteiger partial charge is 0.481 e. The van der Waals surface area contributed by atoms with Crippen LogP contribution < -0.4 is 0 Å². The lowest BCUT2D eigenvalue weighted by Crippen LogP contribution is -2.55. The fourth-order valence-electron chi connectivity index (χ4n) is 3.92. The van der Waals surface area contributed by atoms with Gasteiger partial charge >= 0.3 is 5.97 Å². The summed E-state index contributed by atoms with van der Waals surface area (Å²) in [6.45, 7) is 3.04. The minimum atomic E-state index is -0.740. The topological polar surface area (TPSA) is 57.6 Å². The molecule has 1 aromatic carbocycles. The van der Waals surface area contributed by atoms with E-state index in [4.69, 9.17) is 0 Å². The van der Waals surface area contributed by atoms with Gasteiger partial charge < -0.3 is 10.0 Å². The van der Waals surface area contributed by atoms with Gasteiger partial charge in [-0.3, -0.25) is 9.59 Å². The number of likely N-dealkylation sites (tertiary alicyclic amines) is 1. The van der Waals surface area contributed by atoms with E-state index in [2.05, 4.69) is 15.9 Å². The zero-order chi connectivity index (χ0) is 16.6. The second-order valence-corrected chi connectivity index (χ2v) is 7.82. The number of carboxylic acids is 1. The molecule has 3 rings (SSSR count). The van der Waals surface area contributed by atoms with Crippen LogP contribution in [0.3, 0.4) is 0 Å². The Morgan fingerprint density at radius 2 is 1.91 bits per heavy atom. The van der Waals surface area contributed by atoms with E-state index in [1.807, 2.05) is 36.1 Å². The van der Waals surface area contributed by atoms with Crippen LogP contribution in [0.25, 0.3) is 0 Å². The third-order valence-electron chi connectivity index (χ3n) is 5.52. The van der Waals surface area contributed by atoms with Crippen LogP contribution in [-0.4, -0.2) is 35.0 Å². The monoisotopic (exact) mass is 379 g/mol. The van der Waals surface area contributed by atoms with Crippen LogP contribution in [0, 0.1) is 11.8 Å². The maximum atomic E-state index is 13.2. The van der Waals surface area contributed by atoms with Gasteiger partial charge in [-0.1, -0.05) is 41.4 Å². The summed E-state index contributed by atoms with van der Waals surface area (Å²) in [6, 6.07) is 8.05. The molecular weight excluding hydrogens is 358 g/mol. The highest BCUT2D eigenvalue weighted by Crippen LogP contribution is 2.46. The summed E-state index contributed by atoms with van der Waals surface area (Å²) >= 11 is 3.44. The Morgan fingerprint density at radius 1 is 1.26 bits per heavy atom. The van der Waals surface area contributed by atoms with E-state index >= 15 is 0 Å². The molecule has 0 bridgehead atoms. The molecule has 1 saturated heterocycles. The molecule has 124 valence electrons. The number of benzene rings is 1. The summed E-state index contributed by atoms with van der Waals surface area (Å²) in [5, 5.41) is 9.25. The van der Waals surface area contributed by atoms with E-state index in [9.17, 15) is 14.7 Å². The van der Waals surface area contributed by atoms with Crippen molar-refractivity contribution in [3.8, 4) is 0 Å². The Labute approximate surface area is 145 Å². The number of hydrogen-bond acceptors (Lipinski definition) is 2. The van der Waals surface area contributed by atoms with Gasteiger partial charge in [-0.25, -0.2) is 0 Å². The van der Waals surface area contributed by atoms with Crippen molar-refractivity contribution in [3.05, 3.63) is 34.3 Å². The van der Waals surface area contributed by atoms with E-state index < -0.39 is 11.4 Å². The van der Waals surface area contributed by atoms with Crippen LogP contribution in [-0.2, 0) is 15.0 Å². The number of piperidine rings is 1. The predicted octanol–water partition coefficient (Wildman–Crippen LogP) is 3.44. The summed E-state index contributed by atoms with van der Waals surface area (Å²) in [6.07, 6.45) is 3.41. The Bertz CT molecular complexity index is 609. The molecule has 2 atom stereocenters. The highest BCUT2D eigenvalue weighted by molar-refractivity contribution is 9.10. The van der Waals surface area contributed by atoms with Gasteiger partial charge in [0, 0.05) is 17.6 Å². The van der Waals surface area contributed by atoms with E-state index in [1.165, 1.54) is 0 Å². The van der Waals surface area contributed by atoms with Crippen molar-refractivity contribution in [1.29, 1.82) is 0 Å². The van der Waals surface area contributed by atoms with Crippen molar-refractivity contribution < 1.29 is 14.7 Å². The molecule has 2 unspecified atom stereocenters. The van der Waals surface area contributed by atoms with Crippen molar-refractivity contribution in [2.45, 2.75) is 38.0 Å². The predicted molar refractivity (Wildman–Crippen MR) is 91.2 cm³/mol. The number of carboxylic acid groups (broad SMARTS) is 1. The number of aliphatic carboxylic acids is 1. The van der Waals surface area contributed by atoms with E-state index in [1.54, 1.807) is 0 Å². The molecule has 2 fully saturated rings. The summed E-state index contributed by atoms with van der Waals surface area (Å²) in [5.41, 5.74) is 0.696. The number of halogens is 1. The van der Waals surface area contributed by atoms with Crippen LogP contribution in [0.1, 0.15) is 38.2 Å². The molecule has 1 saturated carbocycles. The average molecular weight is 380 g/mol. The van der Waals surface area contributed by atoms with Gasteiger partial charge in [-0.2, -0.15) is 0 Å². The number of hydrogen-bond donors (Lipinski definition) is 1. The zero-order valence-corrected chi connectivity index (χ0v) is 14.9. The summed E-state index contributed by atoms with van der Waals surface area (Å²) in [4.78, 5) is 26.3. The van der Waals surface area contributed by atoms with Crippen molar-refractivity contribution in [3.63, 3.8) is 0 Å². The lowest BCUT2D eigenvalue weighted by Gasteiger charge is -2.46. The summed E-state index contributed by atoms with van der Waals surface area (Å²) in [7, 11) is 0. The van der Waals surface area contributed by atoms with E-state index in [0.29, 0.717) is 19.5 Å². The van der Waals surface area contributed by atoms with E-state index in [-0.39, 0.29) is 17.7 Å². The van der Waals surface area contributed by atoms with Crippen molar-refractivity contribution in [1.82, 2.24) is 4.90 Å². The van der Waals surface area contributed by atoms with Gasteiger partial charge in [-0.05, 0) is 42.9 Å². The van der Waals surface area contributed by atoms with Crippen LogP contribution in [0.4, 0.5) is 0 Å². The molecule has 1 aromatic rings. The molecule has 1 aliphatic carbocycles. The minimum absolute atomic E-state index is 0.00671. The lowest BCUT2D eigenvalue weighted by atomic mass is 9.63. The third-order valence-corrected chi connectivity index (χ3v) is 6.05. The van der Waals surface area contributed by atoms with Gasteiger partial charge in [0.15, 0.2) is 0 Å². The first-order valence-corrected chi connectivity index (χ1v) is 9.01. The second-order valence-electron chi connectivity index (χ2n) is 6.90. The van der Waals surface area contributed by atoms with Gasteiger partial charge in [0.05, 0.1) is 11.3 Å². The fourth-order valence-corrected chi connectivity index (χ4v) is 4.19. The highest BCUT2D eigenvalue weighted by Gasteiger charge is 2.48. The Balaban J connectivity index is 1.79. The summed E-state index contributed by atoms with van der Waals surface area (Å²) < 4.78 is 1.01. The SMILES string of the molecule is CC1CN(C(=O)C2(c3ccc(Br)cc3)CCC2)CCC1C(=O)O. The van der Waals surface area contributed by atoms with Crippen molar-refractivity contribution >= 4 is 27.8 Å². The normalized spacial score (nSPS) is 26.4. The number of rotatable bonds is 3. The maximum Gasteiger partial charge on any atom is 0.306 e. The Kier molecular flexibility index (Phi) is 4.50. The first-order valence-electron chi connectivity index (χ1n) is 8.22. The maximum absolute atomic E-state index is 13.2. The molecule has 5 heteroatoms. The molecular formula is C18H22BrNO3. The number of nitrogens with zero attached hydrogens (tertiary/aromatic N) is 1. The second kappa shape index (κ2) is 6.27. The molecule has 4 nitrogen and oxygen atoms in total. The molecule has 23 heavy (non-hydrogen) atoms. The van der Waals surface area contributed by atoms with Crippen LogP contribution in [0.15, 0.2) is 28.7 Å². The molecule has 1 amide bonds. The average Bonchev–Trinajstić information content (AvgIpc) is 2.47. The number of carbonyl (C=O) groups excluding carboxylic acids is 1. The minimum Gasteiger partial charge on any atom is -0.481 e. The number of carbonyl (C=O) groups is 2. The highest BCUT2D eigenvalue weighted by atomic mass is 79.9. The van der Waals surface area contributed by atoms with Gasteiger partial charge in [0.1, 0.15) is 0 Å². The molecule has 2 aliphatic rings. The zero-order valence-electron chi connectivity index (χ0n) is 13.3. The first kappa shape index (κ1) is 16.5. The van der Waals surface area contributed by atoms with Crippen molar-refractivity contribution in [2.75, 3.05) is 13.1 Å². The standard InChI is InChI=1S/C18H22BrNO3/c1-12-11-20(10-7-15(12)16(21)22)17(23)18(8-2-9-18)13-3-5-14(19)6-4-13/h3-6,12,15H,2,7-11H2,1H3,(H,21,22). The molecule has 0 spiro atoms. The third kappa shape index (κ3) is 2.91. The van der Waals surface area contributed by atoms with Crippen molar-refractivity contribution in [2.24, 2.45) is 11.8 Å². The fraction of sp³-hybridized carbons (Fsp3) is 0.556. The Hall–Kier alpha value is -1.36. The molecule has 0 radical (unpaired) electrons. The van der Waals surface area contributed by atoms with E-state index in [0.717, 1.165) is 29.3 Å². The lowest BCUT2D eigenvalue weighted by molar-refractivity contribution is -0.151. The smallest absolute Gasteiger partial charge is 0.306 e. The number of amides is 1. The van der Waals surface area contributed by atoms with Crippen LogP contribution >= 0.6 is 15.9 Å². The quantitative estimate of drug-likeness (QED) is 0.874.